The lowest BCUT2D eigenvalue weighted by Crippen LogP contribution is -2.38. The normalized spacial score (nSPS) is 12.5. The number of rotatable bonds is 6. The Balaban J connectivity index is 2.67. The minimum atomic E-state index is -0.187. The number of carbonyl (C=O) groups is 1. The van der Waals surface area contributed by atoms with Crippen molar-refractivity contribution in [3.63, 3.8) is 0 Å². The summed E-state index contributed by atoms with van der Waals surface area (Å²) in [5.74, 6) is 0.788. The number of nitrogens with one attached hydrogen (secondary N) is 1. The van der Waals surface area contributed by atoms with Crippen molar-refractivity contribution in [1.82, 2.24) is 20.1 Å². The van der Waals surface area contributed by atoms with Crippen molar-refractivity contribution in [3.8, 4) is 0 Å². The number of aromatic nitrogens is 3. The Morgan fingerprint density at radius 2 is 2.29 bits per heavy atom. The molecule has 6 heteroatoms. The smallest absolute Gasteiger partial charge is 0.293 e. The monoisotopic (exact) mass is 240 g/mol. The Labute approximate surface area is 101 Å². The first-order valence-electron chi connectivity index (χ1n) is 5.77. The zero-order valence-corrected chi connectivity index (χ0v) is 10.9. The molecule has 17 heavy (non-hydrogen) atoms. The number of H-pyrrole nitrogens is 1. The number of amides is 1. The van der Waals surface area contributed by atoms with Crippen LogP contribution in [0.15, 0.2) is 0 Å². The van der Waals surface area contributed by atoms with E-state index in [0.29, 0.717) is 6.61 Å². The predicted octanol–water partition coefficient (Wildman–Crippen LogP) is 0.864. The molecule has 0 spiro atoms. The fourth-order valence-electron chi connectivity index (χ4n) is 1.45. The maximum atomic E-state index is 12.0. The van der Waals surface area contributed by atoms with Crippen molar-refractivity contribution in [2.75, 3.05) is 20.8 Å². The van der Waals surface area contributed by atoms with Gasteiger partial charge in [0.25, 0.3) is 5.91 Å². The number of likely N-dealkylation sites (N-methyl/N-ethyl adjacent to an activating group) is 1. The summed E-state index contributed by atoms with van der Waals surface area (Å²) >= 11 is 0. The number of aryl methyl sites for hydroxylation is 1. The molecule has 0 saturated heterocycles. The molecule has 1 aromatic rings. The van der Waals surface area contributed by atoms with Gasteiger partial charge >= 0.3 is 0 Å². The second-order valence-corrected chi connectivity index (χ2v) is 4.08. The molecule has 0 radical (unpaired) electrons. The first-order valence-corrected chi connectivity index (χ1v) is 5.77. The molecular formula is C11H20N4O2. The zero-order valence-electron chi connectivity index (χ0n) is 10.9. The average Bonchev–Trinajstić information content (AvgIpc) is 2.76. The van der Waals surface area contributed by atoms with Gasteiger partial charge in [0, 0.05) is 20.6 Å². The van der Waals surface area contributed by atoms with Gasteiger partial charge in [-0.2, -0.15) is 0 Å². The lowest BCUT2D eigenvalue weighted by Gasteiger charge is -2.22. The van der Waals surface area contributed by atoms with Gasteiger partial charge in [0.2, 0.25) is 5.82 Å². The van der Waals surface area contributed by atoms with E-state index in [-0.39, 0.29) is 17.8 Å². The molecule has 0 bridgehead atoms. The highest BCUT2D eigenvalue weighted by atomic mass is 16.5. The first kappa shape index (κ1) is 13.6. The van der Waals surface area contributed by atoms with Crippen molar-refractivity contribution in [2.24, 2.45) is 0 Å². The number of nitrogens with zero attached hydrogens (tertiary/aromatic N) is 3. The van der Waals surface area contributed by atoms with Gasteiger partial charge in [0.15, 0.2) is 0 Å². The van der Waals surface area contributed by atoms with Gasteiger partial charge in [0.1, 0.15) is 5.82 Å². The standard InChI is InChI=1S/C11H20N4O2/c1-5-6-9-12-10(14-13-9)11(16)15(3)8(2)7-17-4/h8H,5-7H2,1-4H3,(H,12,13,14). The Morgan fingerprint density at radius 3 is 2.88 bits per heavy atom. The van der Waals surface area contributed by atoms with E-state index in [4.69, 9.17) is 4.74 Å². The summed E-state index contributed by atoms with van der Waals surface area (Å²) in [4.78, 5) is 17.8. The summed E-state index contributed by atoms with van der Waals surface area (Å²) in [6, 6.07) is 0.000579. The van der Waals surface area contributed by atoms with Gasteiger partial charge in [-0.15, -0.1) is 5.10 Å². The molecule has 0 aliphatic carbocycles. The number of aromatic amines is 1. The fourth-order valence-corrected chi connectivity index (χ4v) is 1.45. The lowest BCUT2D eigenvalue weighted by atomic mass is 10.3. The van der Waals surface area contributed by atoms with Crippen LogP contribution in [0.5, 0.6) is 0 Å². The molecule has 0 saturated carbocycles. The lowest BCUT2D eigenvalue weighted by molar-refractivity contribution is 0.0622. The predicted molar refractivity (Wildman–Crippen MR) is 63.8 cm³/mol. The summed E-state index contributed by atoms with van der Waals surface area (Å²) in [5, 5.41) is 6.70. The quantitative estimate of drug-likeness (QED) is 0.800. The number of hydrogen-bond donors (Lipinski definition) is 1. The Morgan fingerprint density at radius 1 is 1.59 bits per heavy atom. The molecule has 0 fully saturated rings. The maximum Gasteiger partial charge on any atom is 0.293 e. The zero-order chi connectivity index (χ0) is 12.8. The van der Waals surface area contributed by atoms with E-state index in [1.807, 2.05) is 6.92 Å². The third kappa shape index (κ3) is 3.52. The molecule has 1 unspecified atom stereocenters. The van der Waals surface area contributed by atoms with E-state index in [2.05, 4.69) is 22.1 Å². The summed E-state index contributed by atoms with van der Waals surface area (Å²) in [6.45, 7) is 4.46. The third-order valence-corrected chi connectivity index (χ3v) is 2.60. The molecule has 1 atom stereocenters. The molecule has 6 nitrogen and oxygen atoms in total. The van der Waals surface area contributed by atoms with Crippen LogP contribution in [0.25, 0.3) is 0 Å². The van der Waals surface area contributed by atoms with Gasteiger partial charge in [-0.05, 0) is 13.3 Å². The van der Waals surface area contributed by atoms with Crippen LogP contribution in [-0.2, 0) is 11.2 Å². The van der Waals surface area contributed by atoms with E-state index >= 15 is 0 Å². The van der Waals surface area contributed by atoms with Crippen molar-refractivity contribution in [1.29, 1.82) is 0 Å². The Hall–Kier alpha value is -1.43. The third-order valence-electron chi connectivity index (χ3n) is 2.60. The van der Waals surface area contributed by atoms with Crippen LogP contribution in [0.1, 0.15) is 36.7 Å². The minimum absolute atomic E-state index is 0.000579. The van der Waals surface area contributed by atoms with E-state index in [0.717, 1.165) is 18.7 Å². The van der Waals surface area contributed by atoms with Crippen molar-refractivity contribution >= 4 is 5.91 Å². The SMILES string of the molecule is CCCc1nc(C(=O)N(C)C(C)COC)n[nH]1. The van der Waals surface area contributed by atoms with Crippen LogP contribution in [0.4, 0.5) is 0 Å². The Kier molecular flexibility index (Phi) is 5.09. The number of hydrogen-bond acceptors (Lipinski definition) is 4. The van der Waals surface area contributed by atoms with E-state index in [9.17, 15) is 4.79 Å². The highest BCUT2D eigenvalue weighted by Gasteiger charge is 2.21. The molecule has 0 aromatic carbocycles. The minimum Gasteiger partial charge on any atom is -0.383 e. The van der Waals surface area contributed by atoms with Crippen LogP contribution in [0.2, 0.25) is 0 Å². The van der Waals surface area contributed by atoms with Crippen molar-refractivity contribution in [3.05, 3.63) is 11.6 Å². The van der Waals surface area contributed by atoms with Crippen LogP contribution in [0.3, 0.4) is 0 Å². The highest BCUT2D eigenvalue weighted by Crippen LogP contribution is 2.04. The van der Waals surface area contributed by atoms with Gasteiger partial charge in [-0.1, -0.05) is 6.92 Å². The Bertz CT molecular complexity index is 364. The maximum absolute atomic E-state index is 12.0. The summed E-state index contributed by atoms with van der Waals surface area (Å²) in [7, 11) is 3.34. The van der Waals surface area contributed by atoms with Gasteiger partial charge < -0.3 is 9.64 Å². The van der Waals surface area contributed by atoms with Crippen LogP contribution >= 0.6 is 0 Å². The van der Waals surface area contributed by atoms with Crippen molar-refractivity contribution < 1.29 is 9.53 Å². The van der Waals surface area contributed by atoms with Gasteiger partial charge in [-0.25, -0.2) is 4.98 Å². The molecule has 1 amide bonds. The highest BCUT2D eigenvalue weighted by molar-refractivity contribution is 5.90. The molecule has 1 heterocycles. The summed E-state index contributed by atoms with van der Waals surface area (Å²) < 4.78 is 5.01. The average molecular weight is 240 g/mol. The van der Waals surface area contributed by atoms with Crippen molar-refractivity contribution in [2.45, 2.75) is 32.7 Å². The largest absolute Gasteiger partial charge is 0.383 e. The first-order chi connectivity index (χ1) is 8.10. The van der Waals surface area contributed by atoms with E-state index < -0.39 is 0 Å². The second-order valence-electron chi connectivity index (χ2n) is 4.08. The van der Waals surface area contributed by atoms with E-state index in [1.54, 1.807) is 19.1 Å². The van der Waals surface area contributed by atoms with Crippen LogP contribution in [0, 0.1) is 0 Å². The fraction of sp³-hybridized carbons (Fsp3) is 0.727. The molecule has 0 aliphatic heterocycles. The molecular weight excluding hydrogens is 220 g/mol. The molecule has 0 aliphatic rings. The summed E-state index contributed by atoms with van der Waals surface area (Å²) in [5.41, 5.74) is 0. The van der Waals surface area contributed by atoms with Gasteiger partial charge in [-0.3, -0.25) is 9.89 Å². The molecule has 96 valence electrons. The molecule has 1 rings (SSSR count). The summed E-state index contributed by atoms with van der Waals surface area (Å²) in [6.07, 6.45) is 1.77. The van der Waals surface area contributed by atoms with Crippen LogP contribution < -0.4 is 0 Å². The second kappa shape index (κ2) is 6.34. The topological polar surface area (TPSA) is 71.1 Å². The number of ether oxygens (including phenoxy) is 1. The molecule has 1 N–H and O–H groups in total. The van der Waals surface area contributed by atoms with E-state index in [1.165, 1.54) is 0 Å². The number of carbonyl (C=O) groups excluding carboxylic acids is 1. The molecule has 1 aromatic heterocycles. The van der Waals surface area contributed by atoms with Crippen LogP contribution in [-0.4, -0.2) is 52.8 Å². The van der Waals surface area contributed by atoms with Gasteiger partial charge in [0.05, 0.1) is 12.6 Å². The number of methoxy groups -OCH3 is 1.